The molecule has 3 aromatic rings. The number of hydrogen-bond acceptors (Lipinski definition) is 3. The van der Waals surface area contributed by atoms with Crippen LogP contribution in [-0.2, 0) is 22.9 Å². The van der Waals surface area contributed by atoms with E-state index in [1.807, 2.05) is 48.5 Å². The van der Waals surface area contributed by atoms with Gasteiger partial charge in [-0.1, -0.05) is 36.4 Å². The van der Waals surface area contributed by atoms with E-state index < -0.39 is 10.0 Å². The molecule has 6 heteroatoms. The number of nitrogens with zero attached hydrogens (tertiary/aromatic N) is 2. The first kappa shape index (κ1) is 18.9. The zero-order valence-electron chi connectivity index (χ0n) is 16.5. The average molecular weight is 419 g/mol. The molecule has 0 N–H and O–H groups in total. The molecule has 2 aliphatic rings. The SMILES string of the molecule is O=C(c1ccc(S(=O)(=O)N2CCCc3ccccc32)cc1)N1CCc2ccccc21. The number of rotatable bonds is 3. The number of aryl methyl sites for hydroxylation is 1. The van der Waals surface area contributed by atoms with Gasteiger partial charge in [-0.15, -0.1) is 0 Å². The average Bonchev–Trinajstić information content (AvgIpc) is 3.22. The van der Waals surface area contributed by atoms with Crippen LogP contribution in [0.5, 0.6) is 0 Å². The van der Waals surface area contributed by atoms with Crippen LogP contribution in [0.15, 0.2) is 77.7 Å². The quantitative estimate of drug-likeness (QED) is 0.645. The minimum absolute atomic E-state index is 0.104. The van der Waals surface area contributed by atoms with Crippen molar-refractivity contribution in [2.45, 2.75) is 24.2 Å². The van der Waals surface area contributed by atoms with Crippen LogP contribution < -0.4 is 9.21 Å². The lowest BCUT2D eigenvalue weighted by atomic mass is 10.0. The third-order valence-corrected chi connectivity index (χ3v) is 7.72. The summed E-state index contributed by atoms with van der Waals surface area (Å²) in [5.74, 6) is -0.104. The van der Waals surface area contributed by atoms with Crippen LogP contribution in [0.2, 0.25) is 0 Å². The van der Waals surface area contributed by atoms with E-state index in [9.17, 15) is 13.2 Å². The number of benzene rings is 3. The van der Waals surface area contributed by atoms with Crippen LogP contribution in [-0.4, -0.2) is 27.4 Å². The first-order valence-electron chi connectivity index (χ1n) is 10.2. The second-order valence-corrected chi connectivity index (χ2v) is 9.53. The highest BCUT2D eigenvalue weighted by Crippen LogP contribution is 2.32. The summed E-state index contributed by atoms with van der Waals surface area (Å²) in [6, 6.07) is 21.8. The van der Waals surface area contributed by atoms with Crippen LogP contribution in [0.4, 0.5) is 11.4 Å². The highest BCUT2D eigenvalue weighted by molar-refractivity contribution is 7.92. The number of amides is 1. The molecule has 2 aliphatic heterocycles. The van der Waals surface area contributed by atoms with Gasteiger partial charge in [0.05, 0.1) is 10.6 Å². The molecular formula is C24H22N2O3S. The van der Waals surface area contributed by atoms with Gasteiger partial charge >= 0.3 is 0 Å². The van der Waals surface area contributed by atoms with E-state index in [2.05, 4.69) is 0 Å². The summed E-state index contributed by atoms with van der Waals surface area (Å²) in [6.45, 7) is 1.10. The van der Waals surface area contributed by atoms with E-state index in [1.54, 1.807) is 29.2 Å². The van der Waals surface area contributed by atoms with Crippen molar-refractivity contribution >= 4 is 27.3 Å². The second kappa shape index (κ2) is 7.29. The first-order chi connectivity index (χ1) is 14.6. The molecule has 30 heavy (non-hydrogen) atoms. The zero-order valence-corrected chi connectivity index (χ0v) is 17.3. The Balaban J connectivity index is 1.42. The van der Waals surface area contributed by atoms with Crippen molar-refractivity contribution in [3.8, 4) is 0 Å². The van der Waals surface area contributed by atoms with Gasteiger partial charge in [0.1, 0.15) is 0 Å². The van der Waals surface area contributed by atoms with Gasteiger partial charge in [-0.2, -0.15) is 0 Å². The van der Waals surface area contributed by atoms with Gasteiger partial charge in [0.15, 0.2) is 0 Å². The molecule has 2 heterocycles. The van der Waals surface area contributed by atoms with Gasteiger partial charge in [0.25, 0.3) is 15.9 Å². The minimum atomic E-state index is -3.68. The normalized spacial score (nSPS) is 15.6. The Morgan fingerprint density at radius 2 is 1.37 bits per heavy atom. The van der Waals surface area contributed by atoms with Crippen molar-refractivity contribution in [3.63, 3.8) is 0 Å². The fourth-order valence-corrected chi connectivity index (χ4v) is 5.89. The monoisotopic (exact) mass is 418 g/mol. The van der Waals surface area contributed by atoms with Crippen LogP contribution in [0.3, 0.4) is 0 Å². The van der Waals surface area contributed by atoms with Crippen molar-refractivity contribution in [2.75, 3.05) is 22.3 Å². The molecule has 0 bridgehead atoms. The number of carbonyl (C=O) groups is 1. The predicted octanol–water partition coefficient (Wildman–Crippen LogP) is 4.03. The van der Waals surface area contributed by atoms with Crippen molar-refractivity contribution in [1.82, 2.24) is 0 Å². The molecule has 3 aromatic carbocycles. The number of carbonyl (C=O) groups excluding carboxylic acids is 1. The van der Waals surface area contributed by atoms with Gasteiger partial charge < -0.3 is 4.90 Å². The summed E-state index contributed by atoms with van der Waals surface area (Å²) < 4.78 is 28.0. The molecule has 0 radical (unpaired) electrons. The van der Waals surface area contributed by atoms with Gasteiger partial charge in [-0.25, -0.2) is 8.42 Å². The zero-order chi connectivity index (χ0) is 20.7. The van der Waals surface area contributed by atoms with Crippen LogP contribution in [0.1, 0.15) is 27.9 Å². The fraction of sp³-hybridized carbons (Fsp3) is 0.208. The molecule has 0 saturated carbocycles. The largest absolute Gasteiger partial charge is 0.308 e. The van der Waals surface area contributed by atoms with Crippen molar-refractivity contribution in [2.24, 2.45) is 0 Å². The van der Waals surface area contributed by atoms with E-state index in [-0.39, 0.29) is 10.8 Å². The Morgan fingerprint density at radius 1 is 0.733 bits per heavy atom. The molecule has 0 fully saturated rings. The lowest BCUT2D eigenvalue weighted by Crippen LogP contribution is -2.35. The molecule has 0 aromatic heterocycles. The van der Waals surface area contributed by atoms with Crippen molar-refractivity contribution < 1.29 is 13.2 Å². The summed E-state index contributed by atoms with van der Waals surface area (Å²) in [6.07, 6.45) is 2.51. The van der Waals surface area contributed by atoms with E-state index in [0.29, 0.717) is 18.7 Å². The summed E-state index contributed by atoms with van der Waals surface area (Å²) >= 11 is 0. The Morgan fingerprint density at radius 3 is 2.10 bits per heavy atom. The van der Waals surface area contributed by atoms with Crippen LogP contribution in [0.25, 0.3) is 0 Å². The summed E-state index contributed by atoms with van der Waals surface area (Å²) in [4.78, 5) is 15.0. The Bertz CT molecular complexity index is 1220. The Labute approximate surface area is 176 Å². The second-order valence-electron chi connectivity index (χ2n) is 7.67. The lowest BCUT2D eigenvalue weighted by molar-refractivity contribution is 0.0989. The maximum absolute atomic E-state index is 13.3. The molecule has 152 valence electrons. The Hall–Kier alpha value is -3.12. The molecular weight excluding hydrogens is 396 g/mol. The number of anilines is 2. The van der Waals surface area contributed by atoms with E-state index >= 15 is 0 Å². The summed E-state index contributed by atoms with van der Waals surface area (Å²) in [7, 11) is -3.68. The van der Waals surface area contributed by atoms with Gasteiger partial charge in [0, 0.05) is 24.3 Å². The highest BCUT2D eigenvalue weighted by Gasteiger charge is 2.30. The van der Waals surface area contributed by atoms with Gasteiger partial charge in [-0.05, 0) is 66.8 Å². The smallest absolute Gasteiger partial charge is 0.264 e. The maximum atomic E-state index is 13.3. The minimum Gasteiger partial charge on any atom is -0.308 e. The van der Waals surface area contributed by atoms with E-state index in [1.165, 1.54) is 4.31 Å². The molecule has 0 spiro atoms. The third-order valence-electron chi connectivity index (χ3n) is 5.89. The first-order valence-corrected chi connectivity index (χ1v) is 11.6. The fourth-order valence-electron chi connectivity index (χ4n) is 4.35. The topological polar surface area (TPSA) is 57.7 Å². The molecule has 1 amide bonds. The molecule has 5 nitrogen and oxygen atoms in total. The van der Waals surface area contributed by atoms with E-state index in [4.69, 9.17) is 0 Å². The number of hydrogen-bond donors (Lipinski definition) is 0. The molecule has 0 unspecified atom stereocenters. The van der Waals surface area contributed by atoms with Crippen molar-refractivity contribution in [1.29, 1.82) is 0 Å². The number of fused-ring (bicyclic) bond motifs is 2. The summed E-state index contributed by atoms with van der Waals surface area (Å²) in [5, 5.41) is 0. The third kappa shape index (κ3) is 3.08. The molecule has 0 aliphatic carbocycles. The molecule has 0 saturated heterocycles. The van der Waals surface area contributed by atoms with Crippen LogP contribution in [0, 0.1) is 0 Å². The standard InChI is InChI=1S/C24H22N2O3S/c27-24(25-17-15-19-7-1-3-9-22(19)25)20-11-13-21(14-12-20)30(28,29)26-16-5-8-18-6-2-4-10-23(18)26/h1-4,6-7,9-14H,5,8,15-17H2. The molecule has 0 atom stereocenters. The molecule has 5 rings (SSSR count). The number of para-hydroxylation sites is 2. The van der Waals surface area contributed by atoms with Crippen molar-refractivity contribution in [3.05, 3.63) is 89.5 Å². The van der Waals surface area contributed by atoms with Gasteiger partial charge in [0.2, 0.25) is 0 Å². The van der Waals surface area contributed by atoms with Gasteiger partial charge in [-0.3, -0.25) is 9.10 Å². The lowest BCUT2D eigenvalue weighted by Gasteiger charge is -2.30. The highest BCUT2D eigenvalue weighted by atomic mass is 32.2. The maximum Gasteiger partial charge on any atom is 0.264 e. The van der Waals surface area contributed by atoms with E-state index in [0.717, 1.165) is 41.8 Å². The predicted molar refractivity (Wildman–Crippen MR) is 118 cm³/mol. The Kier molecular flexibility index (Phi) is 4.59. The number of sulfonamides is 1. The van der Waals surface area contributed by atoms with Crippen LogP contribution >= 0.6 is 0 Å². The summed E-state index contributed by atoms with van der Waals surface area (Å²) in [5.41, 5.74) is 4.38.